The van der Waals surface area contributed by atoms with Crippen molar-refractivity contribution >= 4 is 34.4 Å². The van der Waals surface area contributed by atoms with Crippen molar-refractivity contribution in [1.82, 2.24) is 15.0 Å². The van der Waals surface area contributed by atoms with Crippen molar-refractivity contribution in [3.63, 3.8) is 0 Å². The topological polar surface area (TPSA) is 111 Å². The van der Waals surface area contributed by atoms with Crippen molar-refractivity contribution in [3.8, 4) is 22.6 Å². The fourth-order valence-electron chi connectivity index (χ4n) is 2.85. The first-order valence-electron chi connectivity index (χ1n) is 8.13. The number of aromatic amines is 1. The van der Waals surface area contributed by atoms with E-state index in [-0.39, 0.29) is 22.8 Å². The number of benzene rings is 1. The van der Waals surface area contributed by atoms with E-state index in [1.807, 2.05) is 29.5 Å². The first kappa shape index (κ1) is 20.1. The van der Waals surface area contributed by atoms with E-state index in [1.54, 1.807) is 0 Å². The van der Waals surface area contributed by atoms with Crippen LogP contribution in [0.25, 0.3) is 22.6 Å². The maximum Gasteiger partial charge on any atom is 0.416 e. The van der Waals surface area contributed by atoms with Gasteiger partial charge in [-0.15, -0.1) is 0 Å². The number of aromatic nitrogens is 3. The van der Waals surface area contributed by atoms with Crippen LogP contribution in [-0.2, 0) is 12.6 Å². The van der Waals surface area contributed by atoms with E-state index in [4.69, 9.17) is 11.5 Å². The minimum atomic E-state index is -4.51. The minimum Gasteiger partial charge on any atom is -0.368 e. The molecule has 0 aliphatic heterocycles. The van der Waals surface area contributed by atoms with Gasteiger partial charge in [0.1, 0.15) is 5.69 Å². The molecule has 0 saturated carbocycles. The van der Waals surface area contributed by atoms with Crippen LogP contribution < -0.4 is 11.5 Å². The van der Waals surface area contributed by atoms with Crippen LogP contribution in [0.5, 0.6) is 0 Å². The lowest BCUT2D eigenvalue weighted by molar-refractivity contribution is -0.137. The van der Waals surface area contributed by atoms with Gasteiger partial charge in [-0.05, 0) is 52.8 Å². The zero-order valence-corrected chi connectivity index (χ0v) is 16.7. The fraction of sp³-hybridized carbons (Fsp3) is 0.167. The van der Waals surface area contributed by atoms with Gasteiger partial charge >= 0.3 is 6.18 Å². The van der Waals surface area contributed by atoms with Gasteiger partial charge in [-0.3, -0.25) is 4.79 Å². The minimum absolute atomic E-state index is 0.0282. The Morgan fingerprint density at radius 2 is 2.00 bits per heavy atom. The number of carbonyl (C=O) groups excluding carboxylic acids is 1. The largest absolute Gasteiger partial charge is 0.416 e. The summed E-state index contributed by atoms with van der Waals surface area (Å²) in [4.78, 5) is 23.0. The van der Waals surface area contributed by atoms with E-state index in [0.29, 0.717) is 26.9 Å². The van der Waals surface area contributed by atoms with Crippen molar-refractivity contribution in [2.75, 3.05) is 5.73 Å². The van der Waals surface area contributed by atoms with Gasteiger partial charge in [0.25, 0.3) is 5.91 Å². The molecule has 0 spiro atoms. The summed E-state index contributed by atoms with van der Waals surface area (Å²) in [6, 6.07) is 4.89. The van der Waals surface area contributed by atoms with Crippen molar-refractivity contribution in [2.45, 2.75) is 19.5 Å². The summed E-state index contributed by atoms with van der Waals surface area (Å²) in [5, 5.41) is 0. The summed E-state index contributed by atoms with van der Waals surface area (Å²) in [7, 11) is 0. The summed E-state index contributed by atoms with van der Waals surface area (Å²) in [6.45, 7) is 1.81. The summed E-state index contributed by atoms with van der Waals surface area (Å²) in [6.07, 6.45) is -2.54. The third kappa shape index (κ3) is 3.81. The highest BCUT2D eigenvalue weighted by atomic mass is 127. The van der Waals surface area contributed by atoms with Gasteiger partial charge in [0.2, 0.25) is 5.95 Å². The highest BCUT2D eigenvalue weighted by Crippen LogP contribution is 2.37. The van der Waals surface area contributed by atoms with Crippen LogP contribution >= 0.6 is 22.6 Å². The summed E-state index contributed by atoms with van der Waals surface area (Å²) in [5.41, 5.74) is 12.3. The number of amides is 1. The number of rotatable bonds is 4. The zero-order chi connectivity index (χ0) is 20.6. The van der Waals surface area contributed by atoms with Crippen molar-refractivity contribution in [3.05, 3.63) is 50.7 Å². The smallest absolute Gasteiger partial charge is 0.368 e. The van der Waals surface area contributed by atoms with E-state index in [0.717, 1.165) is 12.1 Å². The highest BCUT2D eigenvalue weighted by Gasteiger charge is 2.31. The van der Waals surface area contributed by atoms with Gasteiger partial charge in [-0.25, -0.2) is 9.97 Å². The molecule has 146 valence electrons. The summed E-state index contributed by atoms with van der Waals surface area (Å²) in [5.74, 6) is -0.741. The molecule has 0 bridgehead atoms. The highest BCUT2D eigenvalue weighted by molar-refractivity contribution is 14.1. The number of carbonyl (C=O) groups is 1. The molecule has 1 aromatic carbocycles. The quantitative estimate of drug-likeness (QED) is 0.470. The zero-order valence-electron chi connectivity index (χ0n) is 14.6. The number of H-pyrrole nitrogens is 1. The normalized spacial score (nSPS) is 11.6. The Bertz CT molecular complexity index is 1060. The molecule has 1 amide bonds. The van der Waals surface area contributed by atoms with Gasteiger partial charge in [-0.2, -0.15) is 13.2 Å². The Balaban J connectivity index is 2.26. The van der Waals surface area contributed by atoms with Crippen LogP contribution in [-0.4, -0.2) is 20.9 Å². The molecule has 0 radical (unpaired) electrons. The molecule has 0 aliphatic carbocycles. The summed E-state index contributed by atoms with van der Waals surface area (Å²) >= 11 is 2.00. The molecule has 2 heterocycles. The number of primary amides is 1. The first-order valence-corrected chi connectivity index (χ1v) is 9.21. The molecule has 3 rings (SSSR count). The van der Waals surface area contributed by atoms with E-state index in [2.05, 4.69) is 15.0 Å². The number of alkyl halides is 3. The Hall–Kier alpha value is -2.63. The molecule has 5 N–H and O–H groups in total. The molecule has 6 nitrogen and oxygen atoms in total. The molecule has 0 unspecified atom stereocenters. The van der Waals surface area contributed by atoms with Gasteiger partial charge in [0.05, 0.1) is 26.1 Å². The second-order valence-corrected chi connectivity index (χ2v) is 7.15. The van der Waals surface area contributed by atoms with Crippen LogP contribution in [0.3, 0.4) is 0 Å². The van der Waals surface area contributed by atoms with Crippen LogP contribution in [0.4, 0.5) is 19.1 Å². The predicted molar refractivity (Wildman–Crippen MR) is 107 cm³/mol. The van der Waals surface area contributed by atoms with Gasteiger partial charge < -0.3 is 16.5 Å². The van der Waals surface area contributed by atoms with E-state index < -0.39 is 17.6 Å². The standard InChI is InChI=1S/C18H15F3IN5O/c1-2-8-3-4-9(18(19,20)21)5-10(8)14-11(16(23)28)6-13(26-14)15-12(22)7-25-17(24)27-15/h3-7,26H,2H2,1H3,(H2,23,28)(H2,24,25,27). The Labute approximate surface area is 171 Å². The number of nitrogens with one attached hydrogen (secondary N) is 1. The number of anilines is 1. The van der Waals surface area contributed by atoms with Crippen LogP contribution in [0.1, 0.15) is 28.4 Å². The number of hydrogen-bond donors (Lipinski definition) is 3. The number of nitrogens with zero attached hydrogens (tertiary/aromatic N) is 2. The lowest BCUT2D eigenvalue weighted by Gasteiger charge is -2.13. The molecule has 0 atom stereocenters. The predicted octanol–water partition coefficient (Wildman–Crippen LogP) is 4.01. The van der Waals surface area contributed by atoms with Crippen molar-refractivity contribution < 1.29 is 18.0 Å². The lowest BCUT2D eigenvalue weighted by Crippen LogP contribution is -2.12. The average molecular weight is 501 g/mol. The fourth-order valence-corrected chi connectivity index (χ4v) is 3.40. The van der Waals surface area contributed by atoms with Gasteiger partial charge in [-0.1, -0.05) is 13.0 Å². The number of nitrogen functional groups attached to an aromatic ring is 1. The second kappa shape index (κ2) is 7.41. The molecule has 0 fully saturated rings. The number of halogens is 4. The van der Waals surface area contributed by atoms with Gasteiger partial charge in [0, 0.05) is 11.8 Å². The van der Waals surface area contributed by atoms with Crippen LogP contribution in [0, 0.1) is 3.57 Å². The third-order valence-electron chi connectivity index (χ3n) is 4.19. The number of hydrogen-bond acceptors (Lipinski definition) is 4. The number of nitrogens with two attached hydrogens (primary N) is 2. The molecule has 3 aromatic rings. The maximum absolute atomic E-state index is 13.2. The van der Waals surface area contributed by atoms with E-state index in [9.17, 15) is 18.0 Å². The van der Waals surface area contributed by atoms with Gasteiger partial charge in [0.15, 0.2) is 0 Å². The Kier molecular flexibility index (Phi) is 5.33. The maximum atomic E-state index is 13.2. The number of aryl methyl sites for hydroxylation is 1. The van der Waals surface area contributed by atoms with Crippen molar-refractivity contribution in [2.24, 2.45) is 5.73 Å². The van der Waals surface area contributed by atoms with E-state index in [1.165, 1.54) is 18.3 Å². The molecule has 28 heavy (non-hydrogen) atoms. The molecule has 0 aliphatic rings. The van der Waals surface area contributed by atoms with Crippen LogP contribution in [0.15, 0.2) is 30.5 Å². The monoisotopic (exact) mass is 501 g/mol. The Morgan fingerprint density at radius 1 is 1.29 bits per heavy atom. The third-order valence-corrected chi connectivity index (χ3v) is 4.98. The van der Waals surface area contributed by atoms with Crippen molar-refractivity contribution in [1.29, 1.82) is 0 Å². The molecule has 0 saturated heterocycles. The summed E-state index contributed by atoms with van der Waals surface area (Å²) < 4.78 is 40.3. The Morgan fingerprint density at radius 3 is 2.61 bits per heavy atom. The molecule has 10 heteroatoms. The SMILES string of the molecule is CCc1ccc(C(F)(F)F)cc1-c1[nH]c(-c2nc(N)ncc2I)cc1C(N)=O. The van der Waals surface area contributed by atoms with E-state index >= 15 is 0 Å². The lowest BCUT2D eigenvalue weighted by atomic mass is 9.97. The first-order chi connectivity index (χ1) is 13.1. The second-order valence-electron chi connectivity index (χ2n) is 5.98. The average Bonchev–Trinajstić information content (AvgIpc) is 3.07. The molecule has 2 aromatic heterocycles. The van der Waals surface area contributed by atoms with Crippen LogP contribution in [0.2, 0.25) is 0 Å². The molecular formula is C18H15F3IN5O. The molecular weight excluding hydrogens is 486 g/mol.